The van der Waals surface area contributed by atoms with Gasteiger partial charge in [-0.15, -0.1) is 11.3 Å². The molecule has 2 aromatic carbocycles. The van der Waals surface area contributed by atoms with E-state index in [-0.39, 0.29) is 159 Å². The zero-order chi connectivity index (χ0) is 107. The highest BCUT2D eigenvalue weighted by Gasteiger charge is 2.53. The maximum atomic E-state index is 16.1. The van der Waals surface area contributed by atoms with E-state index in [1.54, 1.807) is 90.2 Å². The van der Waals surface area contributed by atoms with Gasteiger partial charge < -0.3 is 115 Å². The number of thiophene rings is 3. The van der Waals surface area contributed by atoms with E-state index >= 15 is 43.2 Å². The van der Waals surface area contributed by atoms with Crippen molar-refractivity contribution >= 4 is 169 Å². The first-order chi connectivity index (χ1) is 69.2. The molecule has 3 spiro atoms. The second-order valence-electron chi connectivity index (χ2n) is 39.4. The van der Waals surface area contributed by atoms with Crippen molar-refractivity contribution in [3.8, 4) is 0 Å². The van der Waals surface area contributed by atoms with Crippen molar-refractivity contribution in [3.05, 3.63) is 140 Å². The number of cyclic esters (lactones) is 1. The number of nitrogens with two attached hydrogens (primary N) is 1. The number of carbonyl (C=O) groups is 21. The zero-order valence-corrected chi connectivity index (χ0v) is 85.3. The second kappa shape index (κ2) is 52.1. The van der Waals surface area contributed by atoms with E-state index in [1.807, 2.05) is 18.2 Å². The molecule has 43 nitrogen and oxygen atoms in total. The molecule has 5 aromatic rings. The number of carbonyl (C=O) groups excluding carboxylic acids is 18. The normalized spacial score (nSPS) is 26.8. The van der Waals surface area contributed by atoms with Gasteiger partial charge in [-0.3, -0.25) is 91.1 Å². The van der Waals surface area contributed by atoms with Gasteiger partial charge in [-0.05, 0) is 227 Å². The Morgan fingerprint density at radius 1 is 0.534 bits per heavy atom. The van der Waals surface area contributed by atoms with E-state index in [0.717, 1.165) is 15.0 Å². The van der Waals surface area contributed by atoms with Crippen LogP contribution in [0.2, 0.25) is 0 Å². The number of primary amides is 1. The zero-order valence-electron chi connectivity index (χ0n) is 82.8. The van der Waals surface area contributed by atoms with Crippen LogP contribution >= 0.6 is 34.0 Å². The van der Waals surface area contributed by atoms with Crippen molar-refractivity contribution in [1.29, 1.82) is 0 Å². The summed E-state index contributed by atoms with van der Waals surface area (Å²) in [5.74, 6) is -21.3. The maximum absolute atomic E-state index is 16.1. The fraction of sp³-hybridized carbons (Fsp3) is 0.530. The number of carboxylic acids is 3. The number of benzene rings is 2. The number of carboxylic acid groups (broad SMARTS) is 3. The Hall–Kier alpha value is -14.0. The Morgan fingerprint density at radius 3 is 1.71 bits per heavy atom. The lowest BCUT2D eigenvalue weighted by atomic mass is 9.83. The third kappa shape index (κ3) is 32.2. The van der Waals surface area contributed by atoms with Crippen molar-refractivity contribution < 1.29 is 121 Å². The van der Waals surface area contributed by atoms with E-state index in [9.17, 15) is 72.9 Å². The number of likely N-dealkylation sites (tertiary alicyclic amines) is 1. The molecule has 0 radical (unpaired) electrons. The molecule has 5 aliphatic rings. The second-order valence-corrected chi connectivity index (χ2v) is 41.9. The predicted octanol–water partition coefficient (Wildman–Crippen LogP) is 2.80. The molecule has 5 aliphatic heterocycles. The molecule has 0 saturated carbocycles. The first kappa shape index (κ1) is 114. The number of hydrogen-bond acceptors (Lipinski definition) is 25. The van der Waals surface area contributed by atoms with Gasteiger partial charge in [0.25, 0.3) is 0 Å². The number of rotatable bonds is 17. The van der Waals surface area contributed by atoms with Gasteiger partial charge in [0.15, 0.2) is 0 Å². The van der Waals surface area contributed by atoms with E-state index in [0.29, 0.717) is 23.1 Å². The number of amides is 18. The van der Waals surface area contributed by atoms with Crippen LogP contribution < -0.4 is 85.5 Å². The lowest BCUT2D eigenvalue weighted by Gasteiger charge is -2.38. The first-order valence-corrected chi connectivity index (χ1v) is 51.5. The van der Waals surface area contributed by atoms with Crippen molar-refractivity contribution in [3.63, 3.8) is 0 Å². The molecule has 3 aromatic heterocycles. The summed E-state index contributed by atoms with van der Waals surface area (Å²) < 4.78 is 6.71. The number of allylic oxidation sites excluding steroid dienone is 3. The Bertz CT molecular complexity index is 5700. The maximum Gasteiger partial charge on any atom is 0.409 e. The molecule has 14 atom stereocenters. The molecule has 8 heterocycles. The third-order valence-electron chi connectivity index (χ3n) is 26.2. The molecule has 146 heavy (non-hydrogen) atoms. The largest absolute Gasteiger partial charge is 0.481 e. The minimum absolute atomic E-state index is 0.00142. The van der Waals surface area contributed by atoms with Gasteiger partial charge in [-0.25, -0.2) is 9.59 Å². The molecule has 20 N–H and O–H groups in total. The van der Waals surface area contributed by atoms with E-state index in [1.165, 1.54) is 97.8 Å². The van der Waals surface area contributed by atoms with E-state index < -0.39 is 251 Å². The Morgan fingerprint density at radius 2 is 1.09 bits per heavy atom. The summed E-state index contributed by atoms with van der Waals surface area (Å²) in [5, 5.41) is 80.5. The monoisotopic (exact) mass is 2080 g/mol. The summed E-state index contributed by atoms with van der Waals surface area (Å²) >= 11 is 3.84. The van der Waals surface area contributed by atoms with Crippen molar-refractivity contribution in [2.24, 2.45) is 11.1 Å². The quantitative estimate of drug-likeness (QED) is 0.0595. The van der Waals surface area contributed by atoms with E-state index in [4.69, 9.17) is 10.5 Å². The van der Waals surface area contributed by atoms with Gasteiger partial charge in [0.1, 0.15) is 88.6 Å². The van der Waals surface area contributed by atoms with Crippen LogP contribution in [0.5, 0.6) is 0 Å². The van der Waals surface area contributed by atoms with Gasteiger partial charge in [0, 0.05) is 63.4 Å². The smallest absolute Gasteiger partial charge is 0.409 e. The number of hydrogen-bond donors (Lipinski definition) is 19. The van der Waals surface area contributed by atoms with Crippen molar-refractivity contribution in [2.75, 3.05) is 32.8 Å². The van der Waals surface area contributed by atoms with Crippen LogP contribution in [0, 0.1) is 5.41 Å². The standard InChI is InChI=1S/C100H132N18O25S3/c1-57(79(101)125)103-81(127)67-30-31-76(120)102-39-21-17-28-66-87(133)116-99(93(140)111-69(48-62-33-44-145-54-62)83(129)109-71(84(130)106-67)49-64-55-146-75-29-16-15-27-65(64)75)38-41-117(56-99)95(142)143-42-22-14-10-9-11-18-34-98(35-19-12-13-20-36-100(37-24-40-118(100)59(3)119)94(141)113-73(51-78(123)124)86(132)110-74(89(135)115-98)52-96(4,5)6)92(139)112-72(50-77(121)122)85(131)108-70(46-60-25-23-26-63(45-60)90(136)137)88(134)114-97(7,8)91(138)104-58(2)80(126)107-68(82(128)105-66)47-61-32-43-144-53-61/h9-10,13,15-16,20,23,25-27,29,32-33,43-45,53-55,57-58,66-74H,11-12,14,17-19,21-22,24,28,30-31,34-42,46-52,56H2,1-8H3,(H2,101,125)(H,102,120)(H,103,127)(H,104,138)(H,105,128)(H,106,130)(H,107,126)(H,108,131)(H,109,129)(H,110,132)(H,111,140)(H,112,139)(H,113,141)(H,114,134)(H,115,135)(H,116,133)(H,121,122)(H,123,124)(H,136,137)/b10-9+,20-13+/t57-,58-,66-,67-,68-,69-,70-,71-,72-,73-,74-,98+,99-,100-/m0/s1. The van der Waals surface area contributed by atoms with Crippen molar-refractivity contribution in [2.45, 2.75) is 298 Å². The fourth-order valence-corrected chi connectivity index (χ4v) is 20.5. The highest BCUT2D eigenvalue weighted by atomic mass is 32.1. The van der Waals surface area contributed by atoms with Crippen LogP contribution in [0.15, 0.2) is 112 Å². The van der Waals surface area contributed by atoms with Gasteiger partial charge >= 0.3 is 24.0 Å². The van der Waals surface area contributed by atoms with E-state index in [2.05, 4.69) is 79.8 Å². The van der Waals surface area contributed by atoms with Crippen LogP contribution in [0.25, 0.3) is 10.1 Å². The number of aromatic carboxylic acids is 1. The Kier molecular flexibility index (Phi) is 40.7. The summed E-state index contributed by atoms with van der Waals surface area (Å²) in [6.45, 7) is 10.2. The summed E-state index contributed by atoms with van der Waals surface area (Å²) in [7, 11) is 0. The number of aliphatic carboxylic acids is 2. The Balaban J connectivity index is 1.04. The van der Waals surface area contributed by atoms with Gasteiger partial charge in [0.2, 0.25) is 100 Å². The highest BCUT2D eigenvalue weighted by molar-refractivity contribution is 7.17. The third-order valence-corrected chi connectivity index (χ3v) is 28.7. The van der Waals surface area contributed by atoms with Crippen molar-refractivity contribution in [1.82, 2.24) is 89.6 Å². The summed E-state index contributed by atoms with van der Waals surface area (Å²) in [6, 6.07) is -2.68. The SMILES string of the molecule is CC(=O)N1CCC[C@]12C/C=C/CCC[C@@]1(CCC/C=C/CCCOC(=O)N3CC[C@@]4(C3)NC(=O)[C@H](CCCCNC(=O)CC[C@@H](C(=O)N[C@@H](C)C(N)=O)NC(=O)[C@H](Cc3csc5ccccc35)NC(=O)[C@H](Cc3ccsc3)NC4=O)NC(=O)[C@H](Cc3ccsc3)NC(=O)[C@H](C)NC(=O)C(C)(C)NC(=O)[C@H](Cc3cccc(C(=O)O)c3)NC(=O)[C@H](CC(=O)O)NC1=O)NC(=O)[C@H](CC(C)(C)C)NC(=O)[C@H](CC(=O)O)NC2=O. The minimum atomic E-state index is -2.22. The molecule has 18 amide bonds. The van der Waals surface area contributed by atoms with Gasteiger partial charge in [-0.1, -0.05) is 75.4 Å². The summed E-state index contributed by atoms with van der Waals surface area (Å²) in [6.07, 6.45) is 0.897. The number of fused-ring (bicyclic) bond motifs is 4. The number of ether oxygens (including phenoxy) is 1. The van der Waals surface area contributed by atoms with Crippen LogP contribution in [0.3, 0.4) is 0 Å². The first-order valence-electron chi connectivity index (χ1n) is 48.8. The summed E-state index contributed by atoms with van der Waals surface area (Å²) in [5.41, 5.74) is -2.06. The van der Waals surface area contributed by atoms with Crippen LogP contribution in [-0.2, 0) is 122 Å². The topological polar surface area (TPSA) is 641 Å². The number of nitrogens with one attached hydrogen (secondary N) is 15. The molecule has 10 rings (SSSR count). The van der Waals surface area contributed by atoms with Crippen LogP contribution in [0.4, 0.5) is 4.79 Å². The molecular weight excluding hydrogens is 1950 g/mol. The van der Waals surface area contributed by atoms with Crippen LogP contribution in [0.1, 0.15) is 216 Å². The molecule has 0 unspecified atom stereocenters. The lowest BCUT2D eigenvalue weighted by molar-refractivity contribution is -0.146. The molecule has 46 heteroatoms. The average molecular weight is 2080 g/mol. The average Bonchev–Trinajstić information content (AvgIpc) is 1.54. The molecule has 3 saturated heterocycles. The van der Waals surface area contributed by atoms with Crippen LogP contribution in [-0.4, -0.2) is 271 Å². The highest BCUT2D eigenvalue weighted by Crippen LogP contribution is 2.36. The summed E-state index contributed by atoms with van der Waals surface area (Å²) in [4.78, 5) is 308. The molecule has 0 aliphatic carbocycles. The van der Waals surface area contributed by atoms with Gasteiger partial charge in [-0.2, -0.15) is 22.7 Å². The molecule has 790 valence electrons. The Labute approximate surface area is 855 Å². The number of nitrogens with zero attached hydrogens (tertiary/aromatic N) is 2. The molecular formula is C100H132N18O25S3. The minimum Gasteiger partial charge on any atom is -0.481 e. The molecule has 3 bridgehead atoms. The lowest BCUT2D eigenvalue weighted by Crippen LogP contribution is -2.66. The fourth-order valence-electron chi connectivity index (χ4n) is 18.1. The van der Waals surface area contributed by atoms with Gasteiger partial charge in [0.05, 0.1) is 31.6 Å². The molecule has 3 fully saturated rings. The predicted molar refractivity (Wildman–Crippen MR) is 536 cm³/mol.